The first-order valence-corrected chi connectivity index (χ1v) is 12.2. The molecule has 0 amide bonds. The summed E-state index contributed by atoms with van der Waals surface area (Å²) in [5, 5.41) is 15.9. The van der Waals surface area contributed by atoms with Crippen molar-refractivity contribution in [1.29, 1.82) is 0 Å². The molecule has 0 aliphatic carbocycles. The molecule has 166 valence electrons. The molecule has 2 heterocycles. The molecule has 0 radical (unpaired) electrons. The molecule has 0 aliphatic heterocycles. The first-order chi connectivity index (χ1) is 15.2. The number of carboxylic acids is 1. The molecule has 2 aromatic heterocycles. The predicted molar refractivity (Wildman–Crippen MR) is 120 cm³/mol. The Kier molecular flexibility index (Phi) is 5.90. The maximum Gasteiger partial charge on any atom is 0.307 e. The Morgan fingerprint density at radius 1 is 1.19 bits per heavy atom. The van der Waals surface area contributed by atoms with Gasteiger partial charge in [-0.25, -0.2) is 0 Å². The maximum atomic E-state index is 11.3. The van der Waals surface area contributed by atoms with Gasteiger partial charge in [0.1, 0.15) is 23.8 Å². The molecule has 4 aromatic rings. The fourth-order valence-corrected chi connectivity index (χ4v) is 4.86. The first-order valence-electron chi connectivity index (χ1n) is 9.49. The van der Waals surface area contributed by atoms with E-state index in [0.717, 1.165) is 27.5 Å². The number of hydrogen-bond donors (Lipinski definition) is 1. The number of aliphatic carboxylic acids is 1. The van der Waals surface area contributed by atoms with Crippen molar-refractivity contribution in [3.8, 4) is 22.8 Å². The van der Waals surface area contributed by atoms with Crippen LogP contribution in [0.2, 0.25) is 0 Å². The molecule has 0 unspecified atom stereocenters. The maximum absolute atomic E-state index is 11.3. The summed E-state index contributed by atoms with van der Waals surface area (Å²) in [6.45, 7) is 2.09. The number of fused-ring (bicyclic) bond motifs is 1. The number of thiophene rings is 1. The molecule has 10 heteroatoms. The lowest BCUT2D eigenvalue weighted by molar-refractivity contribution is -0.136. The minimum atomic E-state index is -3.63. The number of hydrogen-bond acceptors (Lipinski definition) is 8. The van der Waals surface area contributed by atoms with Gasteiger partial charge in [-0.3, -0.25) is 4.79 Å². The molecule has 1 N–H and O–H groups in total. The van der Waals surface area contributed by atoms with Crippen molar-refractivity contribution in [2.45, 2.75) is 20.0 Å². The zero-order valence-electron chi connectivity index (χ0n) is 17.2. The average molecular weight is 474 g/mol. The van der Waals surface area contributed by atoms with Crippen molar-refractivity contribution < 1.29 is 31.8 Å². The Balaban J connectivity index is 1.48. The zero-order chi connectivity index (χ0) is 22.9. The van der Waals surface area contributed by atoms with Crippen LogP contribution in [0.15, 0.2) is 52.4 Å². The molecule has 8 nitrogen and oxygen atoms in total. The third-order valence-corrected chi connectivity index (χ3v) is 6.05. The molecule has 32 heavy (non-hydrogen) atoms. The molecule has 0 fully saturated rings. The van der Waals surface area contributed by atoms with Gasteiger partial charge >= 0.3 is 16.1 Å². The quantitative estimate of drug-likeness (QED) is 0.374. The number of aryl methyl sites for hydroxylation is 1. The highest BCUT2D eigenvalue weighted by molar-refractivity contribution is 7.86. The van der Waals surface area contributed by atoms with Crippen LogP contribution in [0.1, 0.15) is 16.8 Å². The van der Waals surface area contributed by atoms with Crippen molar-refractivity contribution in [2.75, 3.05) is 6.26 Å². The van der Waals surface area contributed by atoms with Crippen LogP contribution in [0.3, 0.4) is 0 Å². The summed E-state index contributed by atoms with van der Waals surface area (Å²) in [6, 6.07) is 12.0. The minimum Gasteiger partial charge on any atom is -0.487 e. The van der Waals surface area contributed by atoms with E-state index in [2.05, 4.69) is 5.16 Å². The smallest absolute Gasteiger partial charge is 0.307 e. The van der Waals surface area contributed by atoms with Crippen LogP contribution in [0, 0.1) is 6.92 Å². The van der Waals surface area contributed by atoms with E-state index < -0.39 is 16.1 Å². The topological polar surface area (TPSA) is 116 Å². The molecule has 4 rings (SSSR count). The largest absolute Gasteiger partial charge is 0.487 e. The lowest BCUT2D eigenvalue weighted by Gasteiger charge is -2.07. The fraction of sp³-hybridized carbons (Fsp3) is 0.182. The summed E-state index contributed by atoms with van der Waals surface area (Å²) in [4.78, 5) is 11.1. The molecule has 0 atom stereocenters. The third-order valence-electron chi connectivity index (χ3n) is 4.58. The van der Waals surface area contributed by atoms with Crippen molar-refractivity contribution in [1.82, 2.24) is 5.16 Å². The van der Waals surface area contributed by atoms with Crippen molar-refractivity contribution in [2.24, 2.45) is 0 Å². The summed E-state index contributed by atoms with van der Waals surface area (Å²) in [5.41, 5.74) is 2.92. The highest BCUT2D eigenvalue weighted by Gasteiger charge is 2.14. The Bertz CT molecular complexity index is 1400. The zero-order valence-corrected chi connectivity index (χ0v) is 18.8. The number of benzene rings is 2. The van der Waals surface area contributed by atoms with E-state index in [4.69, 9.17) is 18.5 Å². The number of ether oxygens (including phenoxy) is 1. The molecule has 0 aliphatic rings. The molecular formula is C22H19NO7S2. The second kappa shape index (κ2) is 8.64. The van der Waals surface area contributed by atoms with Crippen LogP contribution in [0.4, 0.5) is 0 Å². The Labute approximate surface area is 188 Å². The Morgan fingerprint density at radius 3 is 2.75 bits per heavy atom. The standard InChI is InChI=1S/C22H19NO7S2/c1-13-6-18(10-20-22(13)15(12-31-20)8-21(24)25)28-11-16-9-19(29-23-16)14-4-3-5-17(7-14)30-32(2,26)27/h3-7,9-10,12H,8,11H2,1-2H3,(H,24,25). The highest BCUT2D eigenvalue weighted by atomic mass is 32.2. The molecule has 0 spiro atoms. The number of carboxylic acid groups (broad SMARTS) is 1. The number of carbonyl (C=O) groups is 1. The summed E-state index contributed by atoms with van der Waals surface area (Å²) in [7, 11) is -3.63. The van der Waals surface area contributed by atoms with Crippen LogP contribution in [-0.2, 0) is 27.9 Å². The summed E-state index contributed by atoms with van der Waals surface area (Å²) >= 11 is 1.48. The van der Waals surface area contributed by atoms with Gasteiger partial charge < -0.3 is 18.5 Å². The van der Waals surface area contributed by atoms with E-state index in [1.54, 1.807) is 24.3 Å². The van der Waals surface area contributed by atoms with Gasteiger partial charge in [0.2, 0.25) is 0 Å². The second-order valence-corrected chi connectivity index (χ2v) is 9.72. The van der Waals surface area contributed by atoms with Crippen LogP contribution in [-0.4, -0.2) is 30.9 Å². The van der Waals surface area contributed by atoms with Crippen molar-refractivity contribution >= 4 is 37.5 Å². The molecular weight excluding hydrogens is 454 g/mol. The van der Waals surface area contributed by atoms with Gasteiger partial charge in [0.05, 0.1) is 12.7 Å². The summed E-state index contributed by atoms with van der Waals surface area (Å²) < 4.78 is 39.8. The fourth-order valence-electron chi connectivity index (χ4n) is 3.35. The van der Waals surface area contributed by atoms with Crippen molar-refractivity contribution in [3.05, 3.63) is 64.7 Å². The monoisotopic (exact) mass is 473 g/mol. The van der Waals surface area contributed by atoms with Gasteiger partial charge in [-0.2, -0.15) is 8.42 Å². The summed E-state index contributed by atoms with van der Waals surface area (Å²) in [5.74, 6) is 0.415. The average Bonchev–Trinajstić information content (AvgIpc) is 3.32. The Morgan fingerprint density at radius 2 is 2.00 bits per heavy atom. The molecule has 2 aromatic carbocycles. The van der Waals surface area contributed by atoms with E-state index >= 15 is 0 Å². The number of rotatable bonds is 8. The van der Waals surface area contributed by atoms with E-state index in [1.165, 1.54) is 17.4 Å². The van der Waals surface area contributed by atoms with Crippen LogP contribution < -0.4 is 8.92 Å². The van der Waals surface area contributed by atoms with Crippen LogP contribution in [0.25, 0.3) is 21.4 Å². The summed E-state index contributed by atoms with van der Waals surface area (Å²) in [6.07, 6.45) is 0.963. The van der Waals surface area contributed by atoms with Gasteiger partial charge in [-0.05, 0) is 53.1 Å². The van der Waals surface area contributed by atoms with Gasteiger partial charge in [0.25, 0.3) is 0 Å². The van der Waals surface area contributed by atoms with Crippen LogP contribution in [0.5, 0.6) is 11.5 Å². The van der Waals surface area contributed by atoms with Gasteiger partial charge in [-0.15, -0.1) is 11.3 Å². The predicted octanol–water partition coefficient (Wildman–Crippen LogP) is 4.41. The van der Waals surface area contributed by atoms with Crippen molar-refractivity contribution in [3.63, 3.8) is 0 Å². The van der Waals surface area contributed by atoms with Gasteiger partial charge in [-0.1, -0.05) is 17.3 Å². The molecule has 0 bridgehead atoms. The highest BCUT2D eigenvalue weighted by Crippen LogP contribution is 2.33. The first kappa shape index (κ1) is 21.8. The lowest BCUT2D eigenvalue weighted by Crippen LogP contribution is -2.05. The van der Waals surface area contributed by atoms with E-state index in [1.807, 2.05) is 24.4 Å². The van der Waals surface area contributed by atoms with E-state index in [9.17, 15) is 13.2 Å². The Hall–Kier alpha value is -3.37. The lowest BCUT2D eigenvalue weighted by atomic mass is 10.1. The number of nitrogens with zero attached hydrogens (tertiary/aromatic N) is 1. The van der Waals surface area contributed by atoms with E-state index in [-0.39, 0.29) is 18.8 Å². The molecule has 0 saturated carbocycles. The third kappa shape index (κ3) is 5.09. The van der Waals surface area contributed by atoms with E-state index in [0.29, 0.717) is 22.8 Å². The van der Waals surface area contributed by atoms with Gasteiger partial charge in [0.15, 0.2) is 5.76 Å². The second-order valence-electron chi connectivity index (χ2n) is 7.23. The minimum absolute atomic E-state index is 0.0147. The normalized spacial score (nSPS) is 11.6. The molecule has 0 saturated heterocycles. The van der Waals surface area contributed by atoms with Crippen LogP contribution >= 0.6 is 11.3 Å². The SMILES string of the molecule is Cc1cc(OCc2cc(-c3cccc(OS(C)(=O)=O)c3)on2)cc2scc(CC(=O)O)c12. The number of aromatic nitrogens is 1. The van der Waals surface area contributed by atoms with Gasteiger partial charge in [0, 0.05) is 16.3 Å².